The molecule has 0 aliphatic rings. The lowest BCUT2D eigenvalue weighted by molar-refractivity contribution is 0.577. The topological polar surface area (TPSA) is 51.1 Å². The summed E-state index contributed by atoms with van der Waals surface area (Å²) in [4.78, 5) is 0.0464. The molecule has 0 saturated carbocycles. The highest BCUT2D eigenvalue weighted by Crippen LogP contribution is 2.12. The first-order valence-corrected chi connectivity index (χ1v) is 8.96. The van der Waals surface area contributed by atoms with Crippen LogP contribution in [0.1, 0.15) is 11.3 Å². The molecule has 1 N–H and O–H groups in total. The van der Waals surface area contributed by atoms with E-state index in [-0.39, 0.29) is 11.4 Å². The van der Waals surface area contributed by atoms with Crippen LogP contribution in [0.3, 0.4) is 0 Å². The monoisotopic (exact) mass is 344 g/mol. The van der Waals surface area contributed by atoms with Crippen LogP contribution >= 0.6 is 0 Å². The third kappa shape index (κ3) is 3.90. The van der Waals surface area contributed by atoms with Crippen LogP contribution in [0.2, 0.25) is 0 Å². The summed E-state index contributed by atoms with van der Waals surface area (Å²) in [6, 6.07) is 18.4. The maximum absolute atomic E-state index is 12.9. The molecule has 3 rings (SSSR count). The Morgan fingerprint density at radius 3 is 2.33 bits per heavy atom. The van der Waals surface area contributed by atoms with Crippen molar-refractivity contribution in [2.24, 2.45) is 0 Å². The van der Waals surface area contributed by atoms with Crippen molar-refractivity contribution in [1.29, 1.82) is 0 Å². The van der Waals surface area contributed by atoms with Gasteiger partial charge in [0.25, 0.3) is 0 Å². The zero-order valence-corrected chi connectivity index (χ0v) is 13.7. The van der Waals surface area contributed by atoms with Crippen LogP contribution in [0.15, 0.2) is 77.8 Å². The van der Waals surface area contributed by atoms with Gasteiger partial charge in [0.2, 0.25) is 10.0 Å². The van der Waals surface area contributed by atoms with E-state index in [1.54, 1.807) is 0 Å². The molecular formula is C18H17FN2O2S. The molecule has 0 aliphatic heterocycles. The molecule has 24 heavy (non-hydrogen) atoms. The second-order valence-corrected chi connectivity index (χ2v) is 7.16. The Hall–Kier alpha value is -2.44. The van der Waals surface area contributed by atoms with Gasteiger partial charge in [-0.1, -0.05) is 30.3 Å². The number of sulfonamides is 1. The fourth-order valence-corrected chi connectivity index (χ4v) is 3.41. The van der Waals surface area contributed by atoms with Gasteiger partial charge in [-0.25, -0.2) is 17.5 Å². The highest BCUT2D eigenvalue weighted by Gasteiger charge is 2.14. The molecule has 0 bridgehead atoms. The molecule has 1 heterocycles. The molecule has 1 aromatic heterocycles. The van der Waals surface area contributed by atoms with Crippen molar-refractivity contribution in [3.05, 3.63) is 90.0 Å². The lowest BCUT2D eigenvalue weighted by Gasteiger charge is -2.11. The molecule has 0 fully saturated rings. The number of rotatable bonds is 6. The summed E-state index contributed by atoms with van der Waals surface area (Å²) in [6.45, 7) is 0.834. The summed E-state index contributed by atoms with van der Waals surface area (Å²) in [5.74, 6) is -0.467. The zero-order chi connectivity index (χ0) is 17.0. The first-order valence-electron chi connectivity index (χ1n) is 7.48. The minimum Gasteiger partial charge on any atom is -0.346 e. The number of halogens is 1. The van der Waals surface area contributed by atoms with E-state index >= 15 is 0 Å². The molecule has 0 atom stereocenters. The van der Waals surface area contributed by atoms with Crippen molar-refractivity contribution >= 4 is 10.0 Å². The third-order valence-electron chi connectivity index (χ3n) is 3.69. The minimum atomic E-state index is -3.67. The summed E-state index contributed by atoms with van der Waals surface area (Å²) < 4.78 is 42.0. The molecule has 0 aliphatic carbocycles. The minimum absolute atomic E-state index is 0.0464. The van der Waals surface area contributed by atoms with E-state index in [1.807, 2.05) is 53.2 Å². The molecule has 0 unspecified atom stereocenters. The molecule has 0 spiro atoms. The number of benzene rings is 2. The van der Waals surface area contributed by atoms with E-state index < -0.39 is 15.8 Å². The van der Waals surface area contributed by atoms with Crippen molar-refractivity contribution in [2.45, 2.75) is 18.0 Å². The molecule has 3 aromatic rings. The van der Waals surface area contributed by atoms with Crippen LogP contribution in [-0.2, 0) is 23.1 Å². The molecule has 0 radical (unpaired) electrons. The Labute approximate surface area is 140 Å². The lowest BCUT2D eigenvalue weighted by Crippen LogP contribution is -2.24. The van der Waals surface area contributed by atoms with Gasteiger partial charge in [-0.2, -0.15) is 0 Å². The van der Waals surface area contributed by atoms with Crippen molar-refractivity contribution in [1.82, 2.24) is 9.29 Å². The van der Waals surface area contributed by atoms with Crippen molar-refractivity contribution in [3.8, 4) is 0 Å². The van der Waals surface area contributed by atoms with E-state index in [4.69, 9.17) is 0 Å². The molecule has 0 saturated heterocycles. The van der Waals surface area contributed by atoms with Crippen LogP contribution in [0.4, 0.5) is 4.39 Å². The van der Waals surface area contributed by atoms with Crippen molar-refractivity contribution in [3.63, 3.8) is 0 Å². The fourth-order valence-electron chi connectivity index (χ4n) is 2.41. The maximum Gasteiger partial charge on any atom is 0.240 e. The van der Waals surface area contributed by atoms with Crippen molar-refractivity contribution in [2.75, 3.05) is 0 Å². The average molecular weight is 344 g/mol. The van der Waals surface area contributed by atoms with Gasteiger partial charge >= 0.3 is 0 Å². The van der Waals surface area contributed by atoms with Gasteiger partial charge in [-0.3, -0.25) is 0 Å². The number of aromatic nitrogens is 1. The average Bonchev–Trinajstić information content (AvgIpc) is 3.02. The van der Waals surface area contributed by atoms with E-state index in [9.17, 15) is 12.8 Å². The Bertz CT molecular complexity index is 904. The van der Waals surface area contributed by atoms with Gasteiger partial charge in [-0.05, 0) is 42.0 Å². The van der Waals surface area contributed by atoms with Gasteiger partial charge in [0.05, 0.1) is 11.4 Å². The second-order valence-electron chi connectivity index (χ2n) is 5.39. The number of nitrogens with one attached hydrogen (secondary N) is 1. The first-order chi connectivity index (χ1) is 11.5. The molecule has 4 nitrogen and oxygen atoms in total. The number of nitrogens with zero attached hydrogens (tertiary/aromatic N) is 1. The third-order valence-corrected chi connectivity index (χ3v) is 5.10. The molecule has 2 aromatic carbocycles. The predicted molar refractivity (Wildman–Crippen MR) is 90.4 cm³/mol. The Kier molecular flexibility index (Phi) is 4.78. The number of hydrogen-bond donors (Lipinski definition) is 1. The first kappa shape index (κ1) is 16.4. The summed E-state index contributed by atoms with van der Waals surface area (Å²) in [7, 11) is -3.67. The molecule has 6 heteroatoms. The SMILES string of the molecule is O=S(=O)(NCc1cccn1Cc1ccccc1)c1ccc(F)cc1. The van der Waals surface area contributed by atoms with E-state index in [2.05, 4.69) is 4.72 Å². The highest BCUT2D eigenvalue weighted by molar-refractivity contribution is 7.89. The fraction of sp³-hybridized carbons (Fsp3) is 0.111. The molecule has 124 valence electrons. The highest BCUT2D eigenvalue weighted by atomic mass is 32.2. The van der Waals surface area contributed by atoms with E-state index in [1.165, 1.54) is 12.1 Å². The largest absolute Gasteiger partial charge is 0.346 e. The van der Waals surface area contributed by atoms with Gasteiger partial charge in [0, 0.05) is 18.4 Å². The smallest absolute Gasteiger partial charge is 0.240 e. The number of hydrogen-bond acceptors (Lipinski definition) is 2. The summed E-state index contributed by atoms with van der Waals surface area (Å²) in [5.41, 5.74) is 1.99. The maximum atomic E-state index is 12.9. The summed E-state index contributed by atoms with van der Waals surface area (Å²) >= 11 is 0. The Morgan fingerprint density at radius 1 is 0.917 bits per heavy atom. The van der Waals surface area contributed by atoms with Crippen LogP contribution in [0.25, 0.3) is 0 Å². The van der Waals surface area contributed by atoms with Crippen LogP contribution in [-0.4, -0.2) is 13.0 Å². The van der Waals surface area contributed by atoms with Crippen molar-refractivity contribution < 1.29 is 12.8 Å². The quantitative estimate of drug-likeness (QED) is 0.747. The van der Waals surface area contributed by atoms with Crippen LogP contribution in [0.5, 0.6) is 0 Å². The summed E-state index contributed by atoms with van der Waals surface area (Å²) in [5, 5.41) is 0. The van der Waals surface area contributed by atoms with Gasteiger partial charge in [0.15, 0.2) is 0 Å². The standard InChI is InChI=1S/C18H17FN2O2S/c19-16-8-10-18(11-9-16)24(22,23)20-13-17-7-4-12-21(17)14-15-5-2-1-3-6-15/h1-12,20H,13-14H2. The Balaban J connectivity index is 1.71. The summed E-state index contributed by atoms with van der Waals surface area (Å²) in [6.07, 6.45) is 1.91. The zero-order valence-electron chi connectivity index (χ0n) is 12.9. The molecular weight excluding hydrogens is 327 g/mol. The normalized spacial score (nSPS) is 11.5. The van der Waals surface area contributed by atoms with Gasteiger partial charge in [-0.15, -0.1) is 0 Å². The van der Waals surface area contributed by atoms with Gasteiger partial charge in [0.1, 0.15) is 5.82 Å². The second kappa shape index (κ2) is 6.98. The molecule has 0 amide bonds. The van der Waals surface area contributed by atoms with E-state index in [0.717, 1.165) is 23.4 Å². The van der Waals surface area contributed by atoms with Crippen LogP contribution < -0.4 is 4.72 Å². The predicted octanol–water partition coefficient (Wildman–Crippen LogP) is 3.15. The Morgan fingerprint density at radius 2 is 1.62 bits per heavy atom. The van der Waals surface area contributed by atoms with Crippen LogP contribution in [0, 0.1) is 5.82 Å². The lowest BCUT2D eigenvalue weighted by atomic mass is 10.2. The van der Waals surface area contributed by atoms with Gasteiger partial charge < -0.3 is 4.57 Å². The van der Waals surface area contributed by atoms with E-state index in [0.29, 0.717) is 6.54 Å².